The monoisotopic (exact) mass is 360 g/mol. The molecule has 134 valence electrons. The highest BCUT2D eigenvalue weighted by molar-refractivity contribution is 5.92. The summed E-state index contributed by atoms with van der Waals surface area (Å²) in [4.78, 5) is 12.3. The molecule has 1 atom stereocenters. The number of hydrogen-bond donors (Lipinski definition) is 2. The molecule has 1 unspecified atom stereocenters. The molecule has 0 radical (unpaired) electrons. The normalized spacial score (nSPS) is 14.8. The highest BCUT2D eigenvalue weighted by Gasteiger charge is 2.28. The van der Waals surface area contributed by atoms with E-state index in [4.69, 9.17) is 4.74 Å². The summed E-state index contributed by atoms with van der Waals surface area (Å²) >= 11 is 0. The largest absolute Gasteiger partial charge is 0.489 e. The molecule has 25 heavy (non-hydrogen) atoms. The lowest BCUT2D eigenvalue weighted by Crippen LogP contribution is -2.48. The van der Waals surface area contributed by atoms with E-state index in [-0.39, 0.29) is 24.2 Å². The second-order valence-corrected chi connectivity index (χ2v) is 6.44. The van der Waals surface area contributed by atoms with Gasteiger partial charge in [-0.2, -0.15) is 0 Å². The third kappa shape index (κ3) is 4.97. The van der Waals surface area contributed by atoms with E-state index in [1.165, 1.54) is 5.56 Å². The van der Waals surface area contributed by atoms with E-state index in [2.05, 4.69) is 29.7 Å². The topological polar surface area (TPSA) is 50.4 Å². The summed E-state index contributed by atoms with van der Waals surface area (Å²) in [6, 6.07) is 15.8. The van der Waals surface area contributed by atoms with Gasteiger partial charge in [-0.05, 0) is 49.2 Å². The minimum absolute atomic E-state index is 0. The predicted molar refractivity (Wildman–Crippen MR) is 103 cm³/mol. The smallest absolute Gasteiger partial charge is 0.227 e. The Morgan fingerprint density at radius 2 is 2.00 bits per heavy atom. The van der Waals surface area contributed by atoms with Crippen molar-refractivity contribution in [3.05, 3.63) is 59.7 Å². The lowest BCUT2D eigenvalue weighted by atomic mass is 9.88. The first kappa shape index (κ1) is 19.3. The Bertz CT molecular complexity index is 716. The van der Waals surface area contributed by atoms with Crippen LogP contribution in [0.5, 0.6) is 5.75 Å². The van der Waals surface area contributed by atoms with Crippen LogP contribution in [0.25, 0.3) is 0 Å². The van der Waals surface area contributed by atoms with Crippen LogP contribution in [0.15, 0.2) is 48.5 Å². The summed E-state index contributed by atoms with van der Waals surface area (Å²) in [6.07, 6.45) is 0. The van der Waals surface area contributed by atoms with Gasteiger partial charge in [0.2, 0.25) is 5.91 Å². The summed E-state index contributed by atoms with van der Waals surface area (Å²) in [7, 11) is 0. The van der Waals surface area contributed by atoms with Crippen molar-refractivity contribution in [1.29, 1.82) is 0 Å². The number of amides is 1. The molecule has 1 aliphatic rings. The Labute approximate surface area is 155 Å². The molecule has 0 spiro atoms. The fourth-order valence-electron chi connectivity index (χ4n) is 2.73. The summed E-state index contributed by atoms with van der Waals surface area (Å²) in [5, 5.41) is 6.20. The van der Waals surface area contributed by atoms with Gasteiger partial charge in [0.25, 0.3) is 0 Å². The molecule has 1 heterocycles. The van der Waals surface area contributed by atoms with Gasteiger partial charge in [-0.3, -0.25) is 4.79 Å². The highest BCUT2D eigenvalue weighted by Crippen LogP contribution is 2.22. The van der Waals surface area contributed by atoms with E-state index in [0.717, 1.165) is 30.1 Å². The number of carbonyl (C=O) groups is 1. The molecule has 0 bridgehead atoms. The van der Waals surface area contributed by atoms with Crippen LogP contribution in [-0.2, 0) is 11.4 Å². The van der Waals surface area contributed by atoms with Crippen molar-refractivity contribution in [2.45, 2.75) is 20.5 Å². The minimum Gasteiger partial charge on any atom is -0.489 e. The second kappa shape index (κ2) is 8.88. The standard InChI is InChI=1S/C20H24N2O2.ClH/c1-14-6-3-4-7-16(14)13-24-19-9-5-8-18(10-19)22-20(23)15(2)17-11-21-12-17;/h3-10,15,17,21H,11-13H2,1-2H3,(H,22,23);1H. The molecule has 1 aliphatic heterocycles. The van der Waals surface area contributed by atoms with Crippen molar-refractivity contribution in [3.8, 4) is 5.75 Å². The van der Waals surface area contributed by atoms with Gasteiger partial charge < -0.3 is 15.4 Å². The van der Waals surface area contributed by atoms with E-state index in [0.29, 0.717) is 12.5 Å². The fraction of sp³-hybridized carbons (Fsp3) is 0.350. The maximum Gasteiger partial charge on any atom is 0.227 e. The fourth-order valence-corrected chi connectivity index (χ4v) is 2.73. The van der Waals surface area contributed by atoms with Crippen LogP contribution in [0.2, 0.25) is 0 Å². The van der Waals surface area contributed by atoms with E-state index >= 15 is 0 Å². The van der Waals surface area contributed by atoms with Gasteiger partial charge in [0.05, 0.1) is 0 Å². The van der Waals surface area contributed by atoms with Gasteiger partial charge >= 0.3 is 0 Å². The predicted octanol–water partition coefficient (Wildman–Crippen LogP) is 3.79. The van der Waals surface area contributed by atoms with Crippen LogP contribution in [0, 0.1) is 18.8 Å². The highest BCUT2D eigenvalue weighted by atomic mass is 35.5. The Hall–Kier alpha value is -2.04. The molecule has 2 aromatic carbocycles. The van der Waals surface area contributed by atoms with Crippen molar-refractivity contribution < 1.29 is 9.53 Å². The Balaban J connectivity index is 0.00000225. The zero-order valence-electron chi connectivity index (χ0n) is 14.6. The summed E-state index contributed by atoms with van der Waals surface area (Å²) < 4.78 is 5.87. The molecule has 1 saturated heterocycles. The molecule has 1 amide bonds. The quantitative estimate of drug-likeness (QED) is 0.824. The lowest BCUT2D eigenvalue weighted by molar-refractivity contribution is -0.121. The number of ether oxygens (including phenoxy) is 1. The maximum absolute atomic E-state index is 12.3. The molecular formula is C20H25ClN2O2. The van der Waals surface area contributed by atoms with Gasteiger partial charge in [-0.1, -0.05) is 37.3 Å². The van der Waals surface area contributed by atoms with Crippen molar-refractivity contribution in [1.82, 2.24) is 5.32 Å². The van der Waals surface area contributed by atoms with Gasteiger partial charge in [-0.15, -0.1) is 12.4 Å². The third-order valence-corrected chi connectivity index (χ3v) is 4.69. The summed E-state index contributed by atoms with van der Waals surface area (Å²) in [5.74, 6) is 1.28. The Morgan fingerprint density at radius 3 is 2.68 bits per heavy atom. The SMILES string of the molecule is Cc1ccccc1COc1cccc(NC(=O)C(C)C2CNC2)c1.Cl. The van der Waals surface area contributed by atoms with Crippen LogP contribution in [-0.4, -0.2) is 19.0 Å². The number of anilines is 1. The van der Waals surface area contributed by atoms with Gasteiger partial charge in [-0.25, -0.2) is 0 Å². The van der Waals surface area contributed by atoms with Crippen molar-refractivity contribution >= 4 is 24.0 Å². The average Bonchev–Trinajstić information content (AvgIpc) is 2.53. The molecule has 0 aliphatic carbocycles. The van der Waals surface area contributed by atoms with Crippen molar-refractivity contribution in [2.75, 3.05) is 18.4 Å². The second-order valence-electron chi connectivity index (χ2n) is 6.44. The average molecular weight is 361 g/mol. The number of rotatable bonds is 6. The first-order valence-electron chi connectivity index (χ1n) is 8.42. The number of benzene rings is 2. The molecule has 0 saturated carbocycles. The zero-order valence-corrected chi connectivity index (χ0v) is 15.4. The van der Waals surface area contributed by atoms with Crippen LogP contribution in [0.4, 0.5) is 5.69 Å². The van der Waals surface area contributed by atoms with Crippen molar-refractivity contribution in [3.63, 3.8) is 0 Å². The Kier molecular flexibility index (Phi) is 6.85. The number of nitrogens with one attached hydrogen (secondary N) is 2. The molecule has 2 aromatic rings. The molecule has 3 rings (SSSR count). The van der Waals surface area contributed by atoms with Crippen LogP contribution < -0.4 is 15.4 Å². The van der Waals surface area contributed by atoms with E-state index in [1.54, 1.807) is 0 Å². The van der Waals surface area contributed by atoms with Crippen molar-refractivity contribution in [2.24, 2.45) is 11.8 Å². The number of aryl methyl sites for hydroxylation is 1. The summed E-state index contributed by atoms with van der Waals surface area (Å²) in [5.41, 5.74) is 3.16. The minimum atomic E-state index is 0. The van der Waals surface area contributed by atoms with E-state index < -0.39 is 0 Å². The van der Waals surface area contributed by atoms with Gasteiger partial charge in [0.15, 0.2) is 0 Å². The molecule has 2 N–H and O–H groups in total. The number of hydrogen-bond acceptors (Lipinski definition) is 3. The molecule has 0 aromatic heterocycles. The molecule has 1 fully saturated rings. The molecule has 5 heteroatoms. The van der Waals surface area contributed by atoms with Gasteiger partial charge in [0, 0.05) is 17.7 Å². The maximum atomic E-state index is 12.3. The van der Waals surface area contributed by atoms with E-state index in [1.807, 2.05) is 43.3 Å². The zero-order chi connectivity index (χ0) is 16.9. The molecular weight excluding hydrogens is 336 g/mol. The van der Waals surface area contributed by atoms with Crippen LogP contribution in [0.3, 0.4) is 0 Å². The number of carbonyl (C=O) groups excluding carboxylic acids is 1. The van der Waals surface area contributed by atoms with E-state index in [9.17, 15) is 4.79 Å². The first-order chi connectivity index (χ1) is 11.6. The third-order valence-electron chi connectivity index (χ3n) is 4.69. The molecule has 4 nitrogen and oxygen atoms in total. The van der Waals surface area contributed by atoms with Crippen LogP contribution in [0.1, 0.15) is 18.1 Å². The first-order valence-corrected chi connectivity index (χ1v) is 8.42. The lowest BCUT2D eigenvalue weighted by Gasteiger charge is -2.31. The summed E-state index contributed by atoms with van der Waals surface area (Å²) in [6.45, 7) is 6.43. The number of halogens is 1. The van der Waals surface area contributed by atoms with Gasteiger partial charge in [0.1, 0.15) is 12.4 Å². The Morgan fingerprint density at radius 1 is 1.24 bits per heavy atom. The van der Waals surface area contributed by atoms with Crippen LogP contribution >= 0.6 is 12.4 Å².